The summed E-state index contributed by atoms with van der Waals surface area (Å²) in [6.07, 6.45) is 5.80. The van der Waals surface area contributed by atoms with Crippen LogP contribution in [0.3, 0.4) is 0 Å². The number of hydrogen-bond donors (Lipinski definition) is 2. The maximum Gasteiger partial charge on any atom is 0.316 e. The normalized spacial score (nSPS) is 14.6. The van der Waals surface area contributed by atoms with Crippen molar-refractivity contribution < 1.29 is 18.6 Å². The van der Waals surface area contributed by atoms with E-state index in [0.717, 1.165) is 68.1 Å². The molecule has 0 atom stereocenters. The van der Waals surface area contributed by atoms with Crippen molar-refractivity contribution in [3.05, 3.63) is 46.4 Å². The van der Waals surface area contributed by atoms with Crippen LogP contribution in [0.4, 0.5) is 14.5 Å². The molecular formula is C23H32F2N4O3. The Labute approximate surface area is 187 Å². The van der Waals surface area contributed by atoms with Gasteiger partial charge in [0.05, 0.1) is 24.1 Å². The molecule has 2 heterocycles. The van der Waals surface area contributed by atoms with Crippen molar-refractivity contribution in [2.45, 2.75) is 51.6 Å². The van der Waals surface area contributed by atoms with Gasteiger partial charge in [0.1, 0.15) is 17.3 Å². The second kappa shape index (κ2) is 10.9. The van der Waals surface area contributed by atoms with Gasteiger partial charge in [-0.05, 0) is 38.8 Å². The van der Waals surface area contributed by atoms with Gasteiger partial charge in [-0.1, -0.05) is 19.3 Å². The number of nitrogens with one attached hydrogen (secondary N) is 1. The SMILES string of the molecule is CC(C)(O)CCCCCCOc1c(N2CCNCC2)cnn(-c2cc(F)cc(F)c2)c1=O. The van der Waals surface area contributed by atoms with Crippen LogP contribution in [-0.4, -0.2) is 53.3 Å². The smallest absolute Gasteiger partial charge is 0.316 e. The second-order valence-electron chi connectivity index (χ2n) is 8.77. The number of halogens is 2. The molecule has 0 unspecified atom stereocenters. The third kappa shape index (κ3) is 6.74. The van der Waals surface area contributed by atoms with Crippen molar-refractivity contribution in [2.75, 3.05) is 37.7 Å². The Morgan fingerprint density at radius 2 is 1.75 bits per heavy atom. The Hall–Kier alpha value is -2.52. The molecule has 32 heavy (non-hydrogen) atoms. The first-order chi connectivity index (χ1) is 15.2. The van der Waals surface area contributed by atoms with Crippen LogP contribution in [0.1, 0.15) is 46.0 Å². The average Bonchev–Trinajstić information content (AvgIpc) is 2.73. The van der Waals surface area contributed by atoms with E-state index >= 15 is 0 Å². The minimum absolute atomic E-state index is 0.0100. The summed E-state index contributed by atoms with van der Waals surface area (Å²) in [6, 6.07) is 2.88. The lowest BCUT2D eigenvalue weighted by atomic mass is 10.0. The highest BCUT2D eigenvalue weighted by Crippen LogP contribution is 2.25. The summed E-state index contributed by atoms with van der Waals surface area (Å²) in [5, 5.41) is 17.2. The van der Waals surface area contributed by atoms with Gasteiger partial charge in [0.2, 0.25) is 5.75 Å². The zero-order valence-corrected chi connectivity index (χ0v) is 18.7. The zero-order chi connectivity index (χ0) is 23.1. The fourth-order valence-corrected chi connectivity index (χ4v) is 3.73. The number of unbranched alkanes of at least 4 members (excludes halogenated alkanes) is 3. The highest BCUT2D eigenvalue weighted by molar-refractivity contribution is 5.57. The molecule has 2 aromatic rings. The summed E-state index contributed by atoms with van der Waals surface area (Å²) in [5.41, 5.74) is -0.608. The van der Waals surface area contributed by atoms with Gasteiger partial charge >= 0.3 is 5.56 Å². The highest BCUT2D eigenvalue weighted by Gasteiger charge is 2.21. The summed E-state index contributed by atoms with van der Waals surface area (Å²) >= 11 is 0. The first-order valence-corrected chi connectivity index (χ1v) is 11.1. The largest absolute Gasteiger partial charge is 0.486 e. The van der Waals surface area contributed by atoms with E-state index in [9.17, 15) is 18.7 Å². The molecule has 0 saturated carbocycles. The second-order valence-corrected chi connectivity index (χ2v) is 8.77. The minimum Gasteiger partial charge on any atom is -0.486 e. The van der Waals surface area contributed by atoms with Crippen molar-refractivity contribution >= 4 is 5.69 Å². The van der Waals surface area contributed by atoms with E-state index in [2.05, 4.69) is 10.4 Å². The molecule has 0 spiro atoms. The van der Waals surface area contributed by atoms with Gasteiger partial charge < -0.3 is 20.1 Å². The standard InChI is InChI=1S/C23H32F2N4O3/c1-23(2,31)7-5-3-4-6-12-32-21-20(28-10-8-26-9-11-28)16-27-29(22(21)30)19-14-17(24)13-18(25)15-19/h13-16,26,31H,3-12H2,1-2H3. The molecule has 176 valence electrons. The molecule has 0 aliphatic carbocycles. The Kier molecular flexibility index (Phi) is 8.20. The number of anilines is 1. The number of ether oxygens (including phenoxy) is 1. The van der Waals surface area contributed by atoms with E-state index in [1.54, 1.807) is 13.8 Å². The number of rotatable bonds is 10. The van der Waals surface area contributed by atoms with Crippen molar-refractivity contribution in [2.24, 2.45) is 0 Å². The summed E-state index contributed by atoms with van der Waals surface area (Å²) in [6.45, 7) is 6.90. The van der Waals surface area contributed by atoms with Crippen LogP contribution in [-0.2, 0) is 0 Å². The van der Waals surface area contributed by atoms with Gasteiger partial charge in [-0.3, -0.25) is 4.79 Å². The number of nitrogens with zero attached hydrogens (tertiary/aromatic N) is 3. The van der Waals surface area contributed by atoms with Crippen LogP contribution in [0.2, 0.25) is 0 Å². The van der Waals surface area contributed by atoms with E-state index < -0.39 is 22.8 Å². The molecule has 9 heteroatoms. The Bertz CT molecular complexity index is 933. The number of benzene rings is 1. The number of piperazine rings is 1. The minimum atomic E-state index is -0.784. The van der Waals surface area contributed by atoms with Crippen molar-refractivity contribution in [3.63, 3.8) is 0 Å². The molecule has 7 nitrogen and oxygen atoms in total. The molecule has 0 bridgehead atoms. The van der Waals surface area contributed by atoms with Crippen molar-refractivity contribution in [3.8, 4) is 11.4 Å². The molecule has 0 radical (unpaired) electrons. The van der Waals surface area contributed by atoms with E-state index in [-0.39, 0.29) is 11.4 Å². The van der Waals surface area contributed by atoms with Crippen LogP contribution in [0.25, 0.3) is 5.69 Å². The quantitative estimate of drug-likeness (QED) is 0.542. The summed E-state index contributed by atoms with van der Waals surface area (Å²) in [4.78, 5) is 15.2. The number of aromatic nitrogens is 2. The molecule has 1 aliphatic heterocycles. The lowest BCUT2D eigenvalue weighted by Crippen LogP contribution is -2.44. The molecule has 2 N–H and O–H groups in total. The van der Waals surface area contributed by atoms with Gasteiger partial charge in [0.25, 0.3) is 0 Å². The monoisotopic (exact) mass is 450 g/mol. The lowest BCUT2D eigenvalue weighted by Gasteiger charge is -2.30. The van der Waals surface area contributed by atoms with Crippen LogP contribution in [0.5, 0.6) is 5.75 Å². The van der Waals surface area contributed by atoms with Crippen LogP contribution in [0, 0.1) is 11.6 Å². The van der Waals surface area contributed by atoms with Gasteiger partial charge in [-0.25, -0.2) is 8.78 Å². The third-order valence-electron chi connectivity index (χ3n) is 5.39. The molecule has 0 amide bonds. The topological polar surface area (TPSA) is 79.6 Å². The first-order valence-electron chi connectivity index (χ1n) is 11.1. The van der Waals surface area contributed by atoms with E-state index in [1.807, 2.05) is 4.90 Å². The third-order valence-corrected chi connectivity index (χ3v) is 5.39. The predicted octanol–water partition coefficient (Wildman–Crippen LogP) is 3.02. The lowest BCUT2D eigenvalue weighted by molar-refractivity contribution is 0.0679. The van der Waals surface area contributed by atoms with Gasteiger partial charge in [0, 0.05) is 32.2 Å². The first kappa shape index (κ1) is 24.1. The van der Waals surface area contributed by atoms with Gasteiger partial charge in [0.15, 0.2) is 0 Å². The summed E-state index contributed by atoms with van der Waals surface area (Å²) in [7, 11) is 0. The Balaban J connectivity index is 1.75. The predicted molar refractivity (Wildman–Crippen MR) is 120 cm³/mol. The molecule has 1 fully saturated rings. The van der Waals surface area contributed by atoms with E-state index in [1.165, 1.54) is 6.20 Å². The zero-order valence-electron chi connectivity index (χ0n) is 18.7. The highest BCUT2D eigenvalue weighted by atomic mass is 19.1. The Morgan fingerprint density at radius 3 is 2.41 bits per heavy atom. The molecular weight excluding hydrogens is 418 g/mol. The molecule has 3 rings (SSSR count). The molecule has 1 aliphatic rings. The fraction of sp³-hybridized carbons (Fsp3) is 0.565. The van der Waals surface area contributed by atoms with E-state index in [0.29, 0.717) is 25.4 Å². The fourth-order valence-electron chi connectivity index (χ4n) is 3.73. The average molecular weight is 451 g/mol. The van der Waals surface area contributed by atoms with Crippen molar-refractivity contribution in [1.29, 1.82) is 0 Å². The van der Waals surface area contributed by atoms with Gasteiger partial charge in [-0.2, -0.15) is 9.78 Å². The molecule has 1 saturated heterocycles. The summed E-state index contributed by atoms with van der Waals surface area (Å²) in [5.74, 6) is -1.43. The maximum atomic E-state index is 13.7. The van der Waals surface area contributed by atoms with Gasteiger partial charge in [-0.15, -0.1) is 0 Å². The maximum absolute atomic E-state index is 13.7. The van der Waals surface area contributed by atoms with Crippen LogP contribution >= 0.6 is 0 Å². The molecule has 1 aromatic carbocycles. The van der Waals surface area contributed by atoms with Crippen LogP contribution < -0.4 is 20.5 Å². The summed E-state index contributed by atoms with van der Waals surface area (Å²) < 4.78 is 34.3. The number of aliphatic hydroxyl groups is 1. The number of hydrogen-bond acceptors (Lipinski definition) is 6. The van der Waals surface area contributed by atoms with Crippen LogP contribution in [0.15, 0.2) is 29.2 Å². The van der Waals surface area contributed by atoms with E-state index in [4.69, 9.17) is 4.74 Å². The Morgan fingerprint density at radius 1 is 1.09 bits per heavy atom. The van der Waals surface area contributed by atoms with Crippen molar-refractivity contribution in [1.82, 2.24) is 15.1 Å². The molecule has 1 aromatic heterocycles.